The smallest absolute Gasteiger partial charge is 0.124 e. The topological polar surface area (TPSA) is 0 Å². The van der Waals surface area contributed by atoms with E-state index >= 15 is 0 Å². The van der Waals surface area contributed by atoms with Gasteiger partial charge in [-0.2, -0.15) is 0 Å². The first-order valence-electron chi connectivity index (χ1n) is 4.48. The normalized spacial score (nSPS) is 11.7. The van der Waals surface area contributed by atoms with Crippen LogP contribution in [0.4, 0.5) is 4.39 Å². The molecule has 14 heavy (non-hydrogen) atoms. The van der Waals surface area contributed by atoms with Crippen LogP contribution in [0, 0.1) is 11.2 Å². The summed E-state index contributed by atoms with van der Waals surface area (Å²) in [6.07, 6.45) is 0. The van der Waals surface area contributed by atoms with Gasteiger partial charge in [0.1, 0.15) is 5.82 Å². The molecule has 0 unspecified atom stereocenters. The first kappa shape index (κ1) is 12.1. The van der Waals surface area contributed by atoms with E-state index in [0.717, 1.165) is 16.0 Å². The predicted octanol–water partition coefficient (Wildman–Crippen LogP) is 4.34. The fourth-order valence-electron chi connectivity index (χ4n) is 0.874. The summed E-state index contributed by atoms with van der Waals surface area (Å²) in [4.78, 5) is 0.999. The molecule has 0 aliphatic rings. The van der Waals surface area contributed by atoms with Crippen molar-refractivity contribution in [3.63, 3.8) is 0 Å². The molecule has 0 heterocycles. The summed E-state index contributed by atoms with van der Waals surface area (Å²) in [5.74, 6) is 0.827. The van der Waals surface area contributed by atoms with E-state index in [1.807, 2.05) is 6.07 Å². The van der Waals surface area contributed by atoms with Gasteiger partial charge in [0.2, 0.25) is 0 Å². The molecule has 0 atom stereocenters. The monoisotopic (exact) mass is 276 g/mol. The molecule has 0 saturated carbocycles. The molecule has 1 aromatic carbocycles. The van der Waals surface area contributed by atoms with E-state index in [9.17, 15) is 4.39 Å². The van der Waals surface area contributed by atoms with Crippen LogP contribution in [0.25, 0.3) is 0 Å². The molecule has 1 rings (SSSR count). The van der Waals surface area contributed by atoms with Crippen LogP contribution in [-0.4, -0.2) is 11.1 Å². The molecule has 0 aliphatic carbocycles. The van der Waals surface area contributed by atoms with Crippen LogP contribution >= 0.6 is 27.7 Å². The Morgan fingerprint density at radius 1 is 1.43 bits per heavy atom. The number of hydrogen-bond donors (Lipinski definition) is 0. The van der Waals surface area contributed by atoms with E-state index in [1.54, 1.807) is 23.9 Å². The lowest BCUT2D eigenvalue weighted by Gasteiger charge is -2.20. The van der Waals surface area contributed by atoms with Crippen LogP contribution in [0.2, 0.25) is 0 Å². The first-order valence-corrected chi connectivity index (χ1v) is 6.58. The van der Waals surface area contributed by atoms with Gasteiger partial charge in [-0.1, -0.05) is 35.8 Å². The number of benzene rings is 1. The molecule has 0 N–H and O–H groups in total. The van der Waals surface area contributed by atoms with Gasteiger partial charge in [-0.25, -0.2) is 4.39 Å². The molecular weight excluding hydrogens is 263 g/mol. The van der Waals surface area contributed by atoms with Crippen molar-refractivity contribution in [2.75, 3.05) is 11.1 Å². The van der Waals surface area contributed by atoms with E-state index in [2.05, 4.69) is 29.8 Å². The molecule has 3 heteroatoms. The van der Waals surface area contributed by atoms with Crippen molar-refractivity contribution < 1.29 is 4.39 Å². The first-order chi connectivity index (χ1) is 6.53. The minimum Gasteiger partial charge on any atom is -0.207 e. The second-order valence-corrected chi connectivity index (χ2v) is 5.65. The highest BCUT2D eigenvalue weighted by Gasteiger charge is 2.16. The maximum atomic E-state index is 12.8. The highest BCUT2D eigenvalue weighted by molar-refractivity contribution is 9.09. The Morgan fingerprint density at radius 3 is 2.71 bits per heavy atom. The zero-order chi connectivity index (χ0) is 10.6. The minimum atomic E-state index is -0.161. The zero-order valence-electron chi connectivity index (χ0n) is 8.39. The highest BCUT2D eigenvalue weighted by Crippen LogP contribution is 2.29. The largest absolute Gasteiger partial charge is 0.207 e. The maximum Gasteiger partial charge on any atom is 0.124 e. The average molecular weight is 277 g/mol. The minimum absolute atomic E-state index is 0.161. The predicted molar refractivity (Wildman–Crippen MR) is 64.7 cm³/mol. The van der Waals surface area contributed by atoms with Gasteiger partial charge >= 0.3 is 0 Å². The van der Waals surface area contributed by atoms with Crippen molar-refractivity contribution in [2.24, 2.45) is 5.41 Å². The molecule has 78 valence electrons. The van der Waals surface area contributed by atoms with E-state index in [1.165, 1.54) is 6.07 Å². The maximum absolute atomic E-state index is 12.8. The van der Waals surface area contributed by atoms with E-state index in [0.29, 0.717) is 0 Å². The lowest BCUT2D eigenvalue weighted by molar-refractivity contribution is 0.496. The third-order valence-electron chi connectivity index (χ3n) is 1.79. The molecule has 1 aromatic rings. The lowest BCUT2D eigenvalue weighted by atomic mass is 10.0. The Labute approximate surface area is 97.4 Å². The molecule has 0 nitrogen and oxygen atoms in total. The SMILES string of the molecule is CC(C)(CBr)CSc1cccc(F)c1. The van der Waals surface area contributed by atoms with E-state index < -0.39 is 0 Å². The Kier molecular flexibility index (Phi) is 4.45. The molecule has 0 aliphatic heterocycles. The molecule has 0 amide bonds. The standard InChI is InChI=1S/C11H14BrFS/c1-11(2,7-12)8-14-10-5-3-4-9(13)6-10/h3-6H,7-8H2,1-2H3. The second-order valence-electron chi connectivity index (χ2n) is 4.04. The number of thioether (sulfide) groups is 1. The Bertz CT molecular complexity index is 299. The molecule has 0 radical (unpaired) electrons. The lowest BCUT2D eigenvalue weighted by Crippen LogP contribution is -2.15. The van der Waals surface area contributed by atoms with Crippen LogP contribution in [-0.2, 0) is 0 Å². The summed E-state index contributed by atoms with van der Waals surface area (Å²) >= 11 is 5.17. The molecule has 0 bridgehead atoms. The average Bonchev–Trinajstić information content (AvgIpc) is 2.15. The summed E-state index contributed by atoms with van der Waals surface area (Å²) in [6.45, 7) is 4.38. The summed E-state index contributed by atoms with van der Waals surface area (Å²) in [7, 11) is 0. The molecule has 0 aromatic heterocycles. The fraction of sp³-hybridized carbons (Fsp3) is 0.455. The summed E-state index contributed by atoms with van der Waals surface area (Å²) in [5.41, 5.74) is 0.247. The Hall–Kier alpha value is -0.0200. The van der Waals surface area contributed by atoms with Crippen LogP contribution in [0.3, 0.4) is 0 Å². The van der Waals surface area contributed by atoms with Gasteiger partial charge in [0.05, 0.1) is 0 Å². The van der Waals surface area contributed by atoms with Crippen LogP contribution in [0.15, 0.2) is 29.2 Å². The molecule has 0 spiro atoms. The molecule has 0 saturated heterocycles. The number of halogens is 2. The van der Waals surface area contributed by atoms with Gasteiger partial charge in [-0.3, -0.25) is 0 Å². The Balaban J connectivity index is 2.54. The van der Waals surface area contributed by atoms with Gasteiger partial charge in [-0.05, 0) is 23.6 Å². The third-order valence-corrected chi connectivity index (χ3v) is 4.82. The second kappa shape index (κ2) is 5.17. The molecular formula is C11H14BrFS. The number of hydrogen-bond acceptors (Lipinski definition) is 1. The third kappa shape index (κ3) is 4.01. The summed E-state index contributed by atoms with van der Waals surface area (Å²) < 4.78 is 12.8. The quantitative estimate of drug-likeness (QED) is 0.582. The van der Waals surface area contributed by atoms with Gasteiger partial charge < -0.3 is 0 Å². The van der Waals surface area contributed by atoms with Crippen LogP contribution < -0.4 is 0 Å². The molecule has 0 fully saturated rings. The van der Waals surface area contributed by atoms with Crippen molar-refractivity contribution in [1.29, 1.82) is 0 Å². The van der Waals surface area contributed by atoms with Crippen LogP contribution in [0.5, 0.6) is 0 Å². The summed E-state index contributed by atoms with van der Waals surface area (Å²) in [5, 5.41) is 0.961. The van der Waals surface area contributed by atoms with Gasteiger partial charge in [0.15, 0.2) is 0 Å². The summed E-state index contributed by atoms with van der Waals surface area (Å²) in [6, 6.07) is 6.74. The van der Waals surface area contributed by atoms with Crippen molar-refractivity contribution in [3.8, 4) is 0 Å². The van der Waals surface area contributed by atoms with Crippen molar-refractivity contribution in [1.82, 2.24) is 0 Å². The highest BCUT2D eigenvalue weighted by atomic mass is 79.9. The zero-order valence-corrected chi connectivity index (χ0v) is 10.8. The van der Waals surface area contributed by atoms with E-state index in [-0.39, 0.29) is 11.2 Å². The fourth-order valence-corrected chi connectivity index (χ4v) is 2.36. The van der Waals surface area contributed by atoms with Crippen molar-refractivity contribution in [3.05, 3.63) is 30.1 Å². The van der Waals surface area contributed by atoms with Crippen molar-refractivity contribution >= 4 is 27.7 Å². The van der Waals surface area contributed by atoms with Crippen molar-refractivity contribution in [2.45, 2.75) is 18.7 Å². The number of alkyl halides is 1. The van der Waals surface area contributed by atoms with Gasteiger partial charge in [0.25, 0.3) is 0 Å². The Morgan fingerprint density at radius 2 is 2.14 bits per heavy atom. The van der Waals surface area contributed by atoms with E-state index in [4.69, 9.17) is 0 Å². The number of rotatable bonds is 4. The van der Waals surface area contributed by atoms with Gasteiger partial charge in [0, 0.05) is 16.0 Å². The van der Waals surface area contributed by atoms with Crippen LogP contribution in [0.1, 0.15) is 13.8 Å². The van der Waals surface area contributed by atoms with Gasteiger partial charge in [-0.15, -0.1) is 11.8 Å².